The lowest BCUT2D eigenvalue weighted by Crippen LogP contribution is -2.48. The molecule has 0 aliphatic heterocycles. The lowest BCUT2D eigenvalue weighted by molar-refractivity contribution is 0.389. The first kappa shape index (κ1) is 15.2. The first-order valence-electron chi connectivity index (χ1n) is 5.42. The van der Waals surface area contributed by atoms with Gasteiger partial charge in [0.25, 0.3) is 0 Å². The first-order valence-corrected chi connectivity index (χ1v) is 7.70. The highest BCUT2D eigenvalue weighted by atomic mass is 79.9. The number of halogens is 1. The van der Waals surface area contributed by atoms with Gasteiger partial charge in [0, 0.05) is 4.47 Å². The number of nitrogens with one attached hydrogen (secondary N) is 1. The van der Waals surface area contributed by atoms with Crippen LogP contribution >= 0.6 is 15.9 Å². The molecule has 0 aliphatic rings. The van der Waals surface area contributed by atoms with Crippen LogP contribution in [-0.2, 0) is 10.0 Å². The molecule has 0 aliphatic carbocycles. The third-order valence-corrected chi connectivity index (χ3v) is 4.90. The van der Waals surface area contributed by atoms with Gasteiger partial charge in [0.2, 0.25) is 10.0 Å². The molecular formula is C12H15BrN2O2S. The number of nitrogens with zero attached hydrogens (tertiary/aromatic N) is 1. The molecule has 1 aromatic carbocycles. The van der Waals surface area contributed by atoms with Crippen LogP contribution in [0.15, 0.2) is 33.6 Å². The van der Waals surface area contributed by atoms with Crippen molar-refractivity contribution in [2.45, 2.75) is 31.2 Å². The average molecular weight is 331 g/mol. The Balaban J connectivity index is 3.14. The Morgan fingerprint density at radius 2 is 2.06 bits per heavy atom. The zero-order valence-corrected chi connectivity index (χ0v) is 12.8. The van der Waals surface area contributed by atoms with Crippen LogP contribution in [0.2, 0.25) is 0 Å². The van der Waals surface area contributed by atoms with Gasteiger partial charge in [-0.2, -0.15) is 9.98 Å². The second kappa shape index (κ2) is 5.39. The van der Waals surface area contributed by atoms with Crippen molar-refractivity contribution in [1.82, 2.24) is 4.72 Å². The summed E-state index contributed by atoms with van der Waals surface area (Å²) in [4.78, 5) is 0.138. The van der Waals surface area contributed by atoms with Gasteiger partial charge >= 0.3 is 0 Å². The van der Waals surface area contributed by atoms with E-state index in [1.54, 1.807) is 32.9 Å². The molecule has 98 valence electrons. The Morgan fingerprint density at radius 1 is 1.44 bits per heavy atom. The molecule has 0 saturated carbocycles. The molecule has 4 nitrogen and oxygen atoms in total. The van der Waals surface area contributed by atoms with Crippen molar-refractivity contribution in [3.05, 3.63) is 28.7 Å². The summed E-state index contributed by atoms with van der Waals surface area (Å²) in [5.74, 6) is -0.135. The summed E-state index contributed by atoms with van der Waals surface area (Å²) in [5, 5.41) is 9.13. The monoisotopic (exact) mass is 330 g/mol. The van der Waals surface area contributed by atoms with E-state index in [-0.39, 0.29) is 10.8 Å². The summed E-state index contributed by atoms with van der Waals surface area (Å²) in [6.45, 7) is 5.17. The molecule has 1 atom stereocenters. The van der Waals surface area contributed by atoms with Gasteiger partial charge in [-0.1, -0.05) is 35.8 Å². The maximum Gasteiger partial charge on any atom is 0.241 e. The molecule has 0 aromatic heterocycles. The molecule has 1 aromatic rings. The number of sulfonamides is 1. The maximum atomic E-state index is 12.2. The molecule has 0 saturated heterocycles. The van der Waals surface area contributed by atoms with E-state index in [1.807, 2.05) is 6.07 Å². The Bertz CT molecular complexity index is 578. The van der Waals surface area contributed by atoms with Crippen LogP contribution in [0.25, 0.3) is 0 Å². The minimum absolute atomic E-state index is 0.135. The fraction of sp³-hybridized carbons (Fsp3) is 0.417. The highest BCUT2D eigenvalue weighted by Gasteiger charge is 2.33. The molecule has 0 heterocycles. The van der Waals surface area contributed by atoms with Crippen molar-refractivity contribution in [3.8, 4) is 6.07 Å². The highest BCUT2D eigenvalue weighted by Crippen LogP contribution is 2.21. The van der Waals surface area contributed by atoms with Gasteiger partial charge in [0.05, 0.1) is 11.0 Å². The zero-order chi connectivity index (χ0) is 14.0. The average Bonchev–Trinajstić information content (AvgIpc) is 2.28. The molecule has 0 amide bonds. The van der Waals surface area contributed by atoms with E-state index < -0.39 is 15.6 Å². The molecule has 0 bridgehead atoms. The van der Waals surface area contributed by atoms with Crippen LogP contribution in [-0.4, -0.2) is 14.0 Å². The molecule has 0 spiro atoms. The summed E-state index contributed by atoms with van der Waals surface area (Å²) in [6.07, 6.45) is 0. The number of rotatable bonds is 4. The SMILES string of the molecule is CC(C)[C@](C)(C#N)NS(=O)(=O)c1cccc(Br)c1. The van der Waals surface area contributed by atoms with E-state index in [0.717, 1.165) is 0 Å². The Morgan fingerprint density at radius 3 is 2.50 bits per heavy atom. The standard InChI is InChI=1S/C12H15BrN2O2S/c1-9(2)12(3,8-14)15-18(16,17)11-6-4-5-10(13)7-11/h4-7,9,15H,1-3H3/t12-/m0/s1. The topological polar surface area (TPSA) is 70.0 Å². The van der Waals surface area contributed by atoms with Crippen molar-refractivity contribution in [2.75, 3.05) is 0 Å². The summed E-state index contributed by atoms with van der Waals surface area (Å²) in [6, 6.07) is 8.39. The van der Waals surface area contributed by atoms with Crippen molar-refractivity contribution in [1.29, 1.82) is 5.26 Å². The summed E-state index contributed by atoms with van der Waals surface area (Å²) in [7, 11) is -3.70. The molecule has 1 rings (SSSR count). The van der Waals surface area contributed by atoms with Crippen LogP contribution < -0.4 is 4.72 Å². The van der Waals surface area contributed by atoms with Gasteiger partial charge in [0.15, 0.2) is 0 Å². The minimum Gasteiger partial charge on any atom is -0.207 e. The van der Waals surface area contributed by atoms with Gasteiger partial charge < -0.3 is 0 Å². The van der Waals surface area contributed by atoms with Crippen molar-refractivity contribution in [3.63, 3.8) is 0 Å². The van der Waals surface area contributed by atoms with E-state index >= 15 is 0 Å². The zero-order valence-electron chi connectivity index (χ0n) is 10.4. The largest absolute Gasteiger partial charge is 0.241 e. The van der Waals surface area contributed by atoms with Crippen molar-refractivity contribution in [2.24, 2.45) is 5.92 Å². The Labute approximate surface area is 116 Å². The van der Waals surface area contributed by atoms with Crippen LogP contribution in [0.5, 0.6) is 0 Å². The van der Waals surface area contributed by atoms with Gasteiger partial charge in [-0.15, -0.1) is 0 Å². The molecule has 0 radical (unpaired) electrons. The van der Waals surface area contributed by atoms with Crippen LogP contribution in [0.4, 0.5) is 0 Å². The number of hydrogen-bond acceptors (Lipinski definition) is 3. The first-order chi connectivity index (χ1) is 8.21. The number of nitriles is 1. The summed E-state index contributed by atoms with van der Waals surface area (Å²) < 4.78 is 27.5. The van der Waals surface area contributed by atoms with Gasteiger partial charge in [-0.25, -0.2) is 8.42 Å². The summed E-state index contributed by atoms with van der Waals surface area (Å²) in [5.41, 5.74) is -1.12. The maximum absolute atomic E-state index is 12.2. The quantitative estimate of drug-likeness (QED) is 0.922. The smallest absolute Gasteiger partial charge is 0.207 e. The van der Waals surface area contributed by atoms with Gasteiger partial charge in [-0.05, 0) is 31.0 Å². The van der Waals surface area contributed by atoms with Gasteiger partial charge in [0.1, 0.15) is 5.54 Å². The second-order valence-electron chi connectivity index (χ2n) is 4.53. The molecule has 18 heavy (non-hydrogen) atoms. The predicted molar refractivity (Wildman–Crippen MR) is 73.3 cm³/mol. The van der Waals surface area contributed by atoms with E-state index in [2.05, 4.69) is 20.7 Å². The van der Waals surface area contributed by atoms with E-state index in [0.29, 0.717) is 4.47 Å². The fourth-order valence-corrected chi connectivity index (χ4v) is 3.29. The number of benzene rings is 1. The Hall–Kier alpha value is -0.900. The normalized spacial score (nSPS) is 15.1. The predicted octanol–water partition coefficient (Wildman–Crippen LogP) is 2.67. The Kier molecular flexibility index (Phi) is 4.54. The molecule has 0 fully saturated rings. The fourth-order valence-electron chi connectivity index (χ4n) is 1.24. The molecule has 1 N–H and O–H groups in total. The van der Waals surface area contributed by atoms with Crippen LogP contribution in [0.3, 0.4) is 0 Å². The third-order valence-electron chi connectivity index (χ3n) is 2.84. The lowest BCUT2D eigenvalue weighted by atomic mass is 9.92. The van der Waals surface area contributed by atoms with E-state index in [1.165, 1.54) is 12.1 Å². The summed E-state index contributed by atoms with van der Waals surface area (Å²) >= 11 is 3.22. The minimum atomic E-state index is -3.70. The van der Waals surface area contributed by atoms with Crippen molar-refractivity contribution >= 4 is 26.0 Å². The van der Waals surface area contributed by atoms with Crippen molar-refractivity contribution < 1.29 is 8.42 Å². The van der Waals surface area contributed by atoms with E-state index in [9.17, 15) is 8.42 Å². The van der Waals surface area contributed by atoms with Gasteiger partial charge in [-0.3, -0.25) is 0 Å². The third kappa shape index (κ3) is 3.31. The molecule has 6 heteroatoms. The van der Waals surface area contributed by atoms with Crippen LogP contribution in [0, 0.1) is 17.2 Å². The molecule has 0 unspecified atom stereocenters. The second-order valence-corrected chi connectivity index (χ2v) is 7.13. The lowest BCUT2D eigenvalue weighted by Gasteiger charge is -2.26. The number of hydrogen-bond donors (Lipinski definition) is 1. The van der Waals surface area contributed by atoms with Crippen LogP contribution in [0.1, 0.15) is 20.8 Å². The van der Waals surface area contributed by atoms with E-state index in [4.69, 9.17) is 5.26 Å². The molecular weight excluding hydrogens is 316 g/mol. The highest BCUT2D eigenvalue weighted by molar-refractivity contribution is 9.10.